The van der Waals surface area contributed by atoms with Crippen LogP contribution in [-0.2, 0) is 15.8 Å². The SMILES string of the molecule is O=C1C=C(c2cc(C(F)(F)F)ccc2Br)C(=O)N1. The van der Waals surface area contributed by atoms with Gasteiger partial charge in [-0.15, -0.1) is 0 Å². The van der Waals surface area contributed by atoms with Gasteiger partial charge in [0.25, 0.3) is 11.8 Å². The van der Waals surface area contributed by atoms with Crippen molar-refractivity contribution < 1.29 is 22.8 Å². The number of hydrogen-bond donors (Lipinski definition) is 1. The van der Waals surface area contributed by atoms with Crippen LogP contribution in [0.4, 0.5) is 13.2 Å². The van der Waals surface area contributed by atoms with Crippen LogP contribution in [0.25, 0.3) is 5.57 Å². The fourth-order valence-corrected chi connectivity index (χ4v) is 1.98. The van der Waals surface area contributed by atoms with E-state index in [1.807, 2.05) is 5.32 Å². The monoisotopic (exact) mass is 319 g/mol. The van der Waals surface area contributed by atoms with Crippen molar-refractivity contribution in [2.24, 2.45) is 0 Å². The summed E-state index contributed by atoms with van der Waals surface area (Å²) in [6.07, 6.45) is -3.53. The predicted octanol–water partition coefficient (Wildman–Crippen LogP) is 2.51. The average molecular weight is 320 g/mol. The largest absolute Gasteiger partial charge is 0.416 e. The van der Waals surface area contributed by atoms with E-state index >= 15 is 0 Å². The Balaban J connectivity index is 2.55. The van der Waals surface area contributed by atoms with Crippen LogP contribution in [0.1, 0.15) is 11.1 Å². The first-order valence-corrected chi connectivity index (χ1v) is 5.52. The van der Waals surface area contributed by atoms with E-state index in [0.29, 0.717) is 4.47 Å². The topological polar surface area (TPSA) is 46.2 Å². The lowest BCUT2D eigenvalue weighted by Crippen LogP contribution is -2.22. The maximum Gasteiger partial charge on any atom is 0.416 e. The lowest BCUT2D eigenvalue weighted by atomic mass is 10.0. The molecule has 18 heavy (non-hydrogen) atoms. The molecule has 1 aromatic rings. The van der Waals surface area contributed by atoms with Crippen LogP contribution in [0.2, 0.25) is 0 Å². The molecular formula is C11H5BrF3NO2. The first kappa shape index (κ1) is 12.8. The minimum absolute atomic E-state index is 0.0353. The number of alkyl halides is 3. The number of imide groups is 1. The van der Waals surface area contributed by atoms with Crippen LogP contribution >= 0.6 is 15.9 Å². The molecule has 3 nitrogen and oxygen atoms in total. The molecule has 0 atom stereocenters. The van der Waals surface area contributed by atoms with E-state index in [9.17, 15) is 22.8 Å². The molecule has 0 aliphatic carbocycles. The van der Waals surface area contributed by atoms with E-state index in [1.54, 1.807) is 0 Å². The van der Waals surface area contributed by atoms with Gasteiger partial charge in [0, 0.05) is 16.1 Å². The standard InChI is InChI=1S/C11H5BrF3NO2/c12-8-2-1-5(11(13,14)15)3-6(8)7-4-9(17)16-10(7)18/h1-4H,(H,16,17,18). The van der Waals surface area contributed by atoms with Crippen LogP contribution in [0.15, 0.2) is 28.7 Å². The molecule has 7 heteroatoms. The highest BCUT2D eigenvalue weighted by Gasteiger charge is 2.32. The molecule has 0 saturated heterocycles. The molecule has 1 N–H and O–H groups in total. The third-order valence-electron chi connectivity index (χ3n) is 2.34. The maximum absolute atomic E-state index is 12.6. The normalized spacial score (nSPS) is 15.7. The van der Waals surface area contributed by atoms with Crippen molar-refractivity contribution in [3.8, 4) is 0 Å². The second-order valence-electron chi connectivity index (χ2n) is 3.57. The Morgan fingerprint density at radius 2 is 1.83 bits per heavy atom. The van der Waals surface area contributed by atoms with Gasteiger partial charge in [-0.2, -0.15) is 13.2 Å². The van der Waals surface area contributed by atoms with Gasteiger partial charge in [0.15, 0.2) is 0 Å². The third kappa shape index (κ3) is 2.31. The summed E-state index contributed by atoms with van der Waals surface area (Å²) in [6, 6.07) is 2.91. The van der Waals surface area contributed by atoms with Gasteiger partial charge in [-0.3, -0.25) is 14.9 Å². The van der Waals surface area contributed by atoms with E-state index in [0.717, 1.165) is 18.2 Å². The number of rotatable bonds is 1. The van der Waals surface area contributed by atoms with Crippen molar-refractivity contribution in [2.75, 3.05) is 0 Å². The number of benzene rings is 1. The van der Waals surface area contributed by atoms with Crippen molar-refractivity contribution in [3.05, 3.63) is 39.9 Å². The quantitative estimate of drug-likeness (QED) is 0.808. The molecule has 0 bridgehead atoms. The Morgan fingerprint density at radius 3 is 2.33 bits per heavy atom. The molecule has 2 rings (SSSR count). The lowest BCUT2D eigenvalue weighted by Gasteiger charge is -2.10. The average Bonchev–Trinajstić information content (AvgIpc) is 2.56. The number of hydrogen-bond acceptors (Lipinski definition) is 2. The Labute approximate surface area is 108 Å². The highest BCUT2D eigenvalue weighted by molar-refractivity contribution is 9.10. The zero-order chi connectivity index (χ0) is 13.5. The number of carbonyl (C=O) groups excluding carboxylic acids is 2. The summed E-state index contributed by atoms with van der Waals surface area (Å²) in [5, 5.41) is 1.98. The van der Waals surface area contributed by atoms with Crippen LogP contribution < -0.4 is 5.32 Å². The van der Waals surface area contributed by atoms with Gasteiger partial charge in [0.05, 0.1) is 11.1 Å². The number of halogens is 4. The predicted molar refractivity (Wildman–Crippen MR) is 60.3 cm³/mol. The molecule has 0 aromatic heterocycles. The van der Waals surface area contributed by atoms with Crippen LogP contribution in [0.3, 0.4) is 0 Å². The Hall–Kier alpha value is -1.63. The molecule has 1 aliphatic heterocycles. The van der Waals surface area contributed by atoms with Gasteiger partial charge in [-0.25, -0.2) is 0 Å². The molecule has 1 aliphatic rings. The minimum Gasteiger partial charge on any atom is -0.289 e. The molecule has 0 radical (unpaired) electrons. The summed E-state index contributed by atoms with van der Waals surface area (Å²) in [4.78, 5) is 22.4. The second-order valence-corrected chi connectivity index (χ2v) is 4.42. The van der Waals surface area contributed by atoms with Gasteiger partial charge in [0.1, 0.15) is 0 Å². The highest BCUT2D eigenvalue weighted by Crippen LogP contribution is 2.34. The summed E-state index contributed by atoms with van der Waals surface area (Å²) < 4.78 is 38.0. The van der Waals surface area contributed by atoms with Gasteiger partial charge >= 0.3 is 6.18 Å². The first-order valence-electron chi connectivity index (χ1n) is 4.73. The van der Waals surface area contributed by atoms with E-state index < -0.39 is 23.6 Å². The van der Waals surface area contributed by atoms with E-state index in [2.05, 4.69) is 15.9 Å². The molecule has 94 valence electrons. The molecule has 0 spiro atoms. The van der Waals surface area contributed by atoms with E-state index in [4.69, 9.17) is 0 Å². The molecule has 2 amide bonds. The maximum atomic E-state index is 12.6. The third-order valence-corrected chi connectivity index (χ3v) is 3.03. The zero-order valence-electron chi connectivity index (χ0n) is 8.64. The van der Waals surface area contributed by atoms with Crippen molar-refractivity contribution in [2.45, 2.75) is 6.18 Å². The summed E-state index contributed by atoms with van der Waals surface area (Å²) >= 11 is 3.06. The van der Waals surface area contributed by atoms with E-state index in [-0.39, 0.29) is 11.1 Å². The molecule has 0 unspecified atom stereocenters. The van der Waals surface area contributed by atoms with Crippen LogP contribution in [0.5, 0.6) is 0 Å². The summed E-state index contributed by atoms with van der Waals surface area (Å²) in [5.74, 6) is -1.35. The van der Waals surface area contributed by atoms with Gasteiger partial charge in [-0.1, -0.05) is 15.9 Å². The summed E-state index contributed by atoms with van der Waals surface area (Å²) in [5.41, 5.74) is -0.931. The number of amides is 2. The fraction of sp³-hybridized carbons (Fsp3) is 0.0909. The van der Waals surface area contributed by atoms with E-state index in [1.165, 1.54) is 6.07 Å². The minimum atomic E-state index is -4.50. The summed E-state index contributed by atoms with van der Waals surface area (Å²) in [6.45, 7) is 0. The van der Waals surface area contributed by atoms with Crippen LogP contribution in [-0.4, -0.2) is 11.8 Å². The Kier molecular flexibility index (Phi) is 3.02. The van der Waals surface area contributed by atoms with Crippen molar-refractivity contribution in [1.82, 2.24) is 5.32 Å². The van der Waals surface area contributed by atoms with Crippen molar-refractivity contribution in [3.63, 3.8) is 0 Å². The van der Waals surface area contributed by atoms with Crippen LogP contribution in [0, 0.1) is 0 Å². The second kappa shape index (κ2) is 4.24. The van der Waals surface area contributed by atoms with Gasteiger partial charge in [0.2, 0.25) is 0 Å². The van der Waals surface area contributed by atoms with Crippen molar-refractivity contribution >= 4 is 33.3 Å². The zero-order valence-corrected chi connectivity index (χ0v) is 10.2. The Bertz CT molecular complexity index is 578. The molecule has 1 heterocycles. The first-order chi connectivity index (χ1) is 8.29. The van der Waals surface area contributed by atoms with Gasteiger partial charge in [-0.05, 0) is 18.2 Å². The Morgan fingerprint density at radius 1 is 1.17 bits per heavy atom. The lowest BCUT2D eigenvalue weighted by molar-refractivity contribution is -0.137. The number of nitrogens with one attached hydrogen (secondary N) is 1. The highest BCUT2D eigenvalue weighted by atomic mass is 79.9. The fourth-order valence-electron chi connectivity index (χ4n) is 1.52. The van der Waals surface area contributed by atoms with Gasteiger partial charge < -0.3 is 0 Å². The number of carbonyl (C=O) groups is 2. The molecular weight excluding hydrogens is 315 g/mol. The smallest absolute Gasteiger partial charge is 0.289 e. The molecule has 1 aromatic carbocycles. The van der Waals surface area contributed by atoms with Crippen molar-refractivity contribution in [1.29, 1.82) is 0 Å². The summed E-state index contributed by atoms with van der Waals surface area (Å²) in [7, 11) is 0. The molecule has 0 fully saturated rings. The molecule has 0 saturated carbocycles.